The highest BCUT2D eigenvalue weighted by atomic mass is 79.9. The molecule has 0 radical (unpaired) electrons. The van der Waals surface area contributed by atoms with Crippen LogP contribution in [0.2, 0.25) is 0 Å². The molecule has 0 bridgehead atoms. The molecule has 5 heteroatoms. The SMILES string of the molecule is O=C(O)Cc1ccc(CNCc2ccc(Br)s2)cc1. The monoisotopic (exact) mass is 339 g/mol. The second kappa shape index (κ2) is 6.84. The van der Waals surface area contributed by atoms with Crippen molar-refractivity contribution in [3.63, 3.8) is 0 Å². The summed E-state index contributed by atoms with van der Waals surface area (Å²) in [6.45, 7) is 1.62. The number of halogens is 1. The maximum absolute atomic E-state index is 10.6. The molecule has 1 aromatic carbocycles. The van der Waals surface area contributed by atoms with Gasteiger partial charge >= 0.3 is 5.97 Å². The zero-order chi connectivity index (χ0) is 13.7. The average molecular weight is 340 g/mol. The molecule has 1 aromatic heterocycles. The molecule has 0 saturated heterocycles. The highest BCUT2D eigenvalue weighted by molar-refractivity contribution is 9.11. The summed E-state index contributed by atoms with van der Waals surface area (Å²) in [6.07, 6.45) is 0.0803. The predicted molar refractivity (Wildman–Crippen MR) is 80.3 cm³/mol. The van der Waals surface area contributed by atoms with Crippen LogP contribution in [-0.4, -0.2) is 11.1 Å². The van der Waals surface area contributed by atoms with E-state index in [1.165, 1.54) is 4.88 Å². The van der Waals surface area contributed by atoms with E-state index in [1.54, 1.807) is 11.3 Å². The van der Waals surface area contributed by atoms with Gasteiger partial charge in [0.2, 0.25) is 0 Å². The van der Waals surface area contributed by atoms with Crippen molar-refractivity contribution < 1.29 is 9.90 Å². The number of rotatable bonds is 6. The van der Waals surface area contributed by atoms with Crippen LogP contribution in [0.4, 0.5) is 0 Å². The molecule has 0 atom stereocenters. The average Bonchev–Trinajstić information content (AvgIpc) is 2.77. The van der Waals surface area contributed by atoms with Crippen molar-refractivity contribution in [2.24, 2.45) is 0 Å². The van der Waals surface area contributed by atoms with Crippen LogP contribution in [-0.2, 0) is 24.3 Å². The van der Waals surface area contributed by atoms with Crippen LogP contribution in [0.1, 0.15) is 16.0 Å². The van der Waals surface area contributed by atoms with E-state index < -0.39 is 5.97 Å². The van der Waals surface area contributed by atoms with Gasteiger partial charge in [0, 0.05) is 18.0 Å². The van der Waals surface area contributed by atoms with Crippen LogP contribution < -0.4 is 5.32 Å². The van der Waals surface area contributed by atoms with Crippen molar-refractivity contribution in [2.75, 3.05) is 0 Å². The summed E-state index contributed by atoms with van der Waals surface area (Å²) in [5.74, 6) is -0.797. The topological polar surface area (TPSA) is 49.3 Å². The molecule has 0 fully saturated rings. The van der Waals surface area contributed by atoms with Gasteiger partial charge in [0.15, 0.2) is 0 Å². The fourth-order valence-electron chi connectivity index (χ4n) is 1.73. The number of benzene rings is 1. The lowest BCUT2D eigenvalue weighted by Gasteiger charge is -2.04. The summed E-state index contributed by atoms with van der Waals surface area (Å²) in [4.78, 5) is 11.9. The number of carboxylic acids is 1. The highest BCUT2D eigenvalue weighted by Gasteiger charge is 2.01. The van der Waals surface area contributed by atoms with Crippen LogP contribution in [0.3, 0.4) is 0 Å². The van der Waals surface area contributed by atoms with E-state index in [4.69, 9.17) is 5.11 Å². The number of nitrogens with one attached hydrogen (secondary N) is 1. The Kier molecular flexibility index (Phi) is 5.13. The van der Waals surface area contributed by atoms with Crippen molar-refractivity contribution >= 4 is 33.2 Å². The minimum atomic E-state index is -0.797. The van der Waals surface area contributed by atoms with Gasteiger partial charge < -0.3 is 10.4 Å². The first kappa shape index (κ1) is 14.2. The van der Waals surface area contributed by atoms with Crippen LogP contribution in [0.15, 0.2) is 40.2 Å². The van der Waals surface area contributed by atoms with E-state index in [-0.39, 0.29) is 6.42 Å². The van der Waals surface area contributed by atoms with Crippen molar-refractivity contribution in [3.8, 4) is 0 Å². The van der Waals surface area contributed by atoms with E-state index >= 15 is 0 Å². The Morgan fingerprint density at radius 1 is 1.11 bits per heavy atom. The number of thiophene rings is 1. The Hall–Kier alpha value is -1.17. The summed E-state index contributed by atoms with van der Waals surface area (Å²) in [6, 6.07) is 11.8. The molecule has 0 unspecified atom stereocenters. The molecule has 2 N–H and O–H groups in total. The molecule has 0 amide bonds. The summed E-state index contributed by atoms with van der Waals surface area (Å²) in [7, 11) is 0. The molecule has 0 aliphatic heterocycles. The lowest BCUT2D eigenvalue weighted by molar-refractivity contribution is -0.136. The van der Waals surface area contributed by atoms with Gasteiger partial charge in [0.05, 0.1) is 10.2 Å². The first-order chi connectivity index (χ1) is 9.13. The molecule has 100 valence electrons. The number of hydrogen-bond acceptors (Lipinski definition) is 3. The third kappa shape index (κ3) is 4.78. The first-order valence-electron chi connectivity index (χ1n) is 5.88. The quantitative estimate of drug-likeness (QED) is 0.847. The van der Waals surface area contributed by atoms with E-state index in [2.05, 4.69) is 27.3 Å². The molecular formula is C14H14BrNO2S. The first-order valence-corrected chi connectivity index (χ1v) is 7.49. The van der Waals surface area contributed by atoms with E-state index in [9.17, 15) is 4.79 Å². The van der Waals surface area contributed by atoms with Gasteiger partial charge in [-0.05, 0) is 39.2 Å². The minimum absolute atomic E-state index is 0.0803. The zero-order valence-electron chi connectivity index (χ0n) is 10.2. The Morgan fingerprint density at radius 2 is 1.79 bits per heavy atom. The normalized spacial score (nSPS) is 10.6. The van der Waals surface area contributed by atoms with E-state index in [0.29, 0.717) is 0 Å². The summed E-state index contributed by atoms with van der Waals surface area (Å²) >= 11 is 5.16. The number of carbonyl (C=O) groups is 1. The smallest absolute Gasteiger partial charge is 0.307 e. The van der Waals surface area contributed by atoms with Crippen LogP contribution in [0, 0.1) is 0 Å². The van der Waals surface area contributed by atoms with Crippen LogP contribution in [0.5, 0.6) is 0 Å². The Labute approximate surface area is 124 Å². The van der Waals surface area contributed by atoms with Gasteiger partial charge in [-0.25, -0.2) is 0 Å². The van der Waals surface area contributed by atoms with Gasteiger partial charge in [-0.2, -0.15) is 0 Å². The molecule has 0 spiro atoms. The molecule has 2 rings (SSSR count). The second-order valence-corrected chi connectivity index (χ2v) is 6.74. The largest absolute Gasteiger partial charge is 0.481 e. The molecular weight excluding hydrogens is 326 g/mol. The van der Waals surface area contributed by atoms with E-state index in [0.717, 1.165) is 28.0 Å². The van der Waals surface area contributed by atoms with Gasteiger partial charge in [-0.15, -0.1) is 11.3 Å². The van der Waals surface area contributed by atoms with Gasteiger partial charge in [-0.3, -0.25) is 4.79 Å². The van der Waals surface area contributed by atoms with Crippen molar-refractivity contribution in [2.45, 2.75) is 19.5 Å². The second-order valence-electron chi connectivity index (χ2n) is 4.20. The molecule has 2 aromatic rings. The summed E-state index contributed by atoms with van der Waals surface area (Å²) in [5.41, 5.74) is 1.99. The maximum atomic E-state index is 10.6. The molecule has 19 heavy (non-hydrogen) atoms. The number of hydrogen-bond donors (Lipinski definition) is 2. The lowest BCUT2D eigenvalue weighted by atomic mass is 10.1. The fraction of sp³-hybridized carbons (Fsp3) is 0.214. The number of aliphatic carboxylic acids is 1. The van der Waals surface area contributed by atoms with Gasteiger partial charge in [0.25, 0.3) is 0 Å². The van der Waals surface area contributed by atoms with Crippen LogP contribution >= 0.6 is 27.3 Å². The predicted octanol–water partition coefficient (Wildman–Crippen LogP) is 3.43. The van der Waals surface area contributed by atoms with Gasteiger partial charge in [-0.1, -0.05) is 24.3 Å². The fourth-order valence-corrected chi connectivity index (χ4v) is 3.18. The highest BCUT2D eigenvalue weighted by Crippen LogP contribution is 2.21. The Morgan fingerprint density at radius 3 is 2.37 bits per heavy atom. The van der Waals surface area contributed by atoms with Crippen molar-refractivity contribution in [1.29, 1.82) is 0 Å². The Bertz CT molecular complexity index is 551. The van der Waals surface area contributed by atoms with Crippen molar-refractivity contribution in [3.05, 3.63) is 56.2 Å². The zero-order valence-corrected chi connectivity index (χ0v) is 12.6. The third-order valence-corrected chi connectivity index (χ3v) is 4.26. The summed E-state index contributed by atoms with van der Waals surface area (Å²) in [5, 5.41) is 12.1. The van der Waals surface area contributed by atoms with E-state index in [1.807, 2.05) is 30.3 Å². The van der Waals surface area contributed by atoms with Crippen molar-refractivity contribution in [1.82, 2.24) is 5.32 Å². The molecule has 0 aliphatic rings. The minimum Gasteiger partial charge on any atom is -0.481 e. The maximum Gasteiger partial charge on any atom is 0.307 e. The number of carboxylic acid groups (broad SMARTS) is 1. The van der Waals surface area contributed by atoms with Crippen LogP contribution in [0.25, 0.3) is 0 Å². The summed E-state index contributed by atoms with van der Waals surface area (Å²) < 4.78 is 1.14. The molecule has 1 heterocycles. The standard InChI is InChI=1S/C14H14BrNO2S/c15-13-6-5-12(19-13)9-16-8-11-3-1-10(2-4-11)7-14(17)18/h1-6,16H,7-9H2,(H,17,18). The molecule has 3 nitrogen and oxygen atoms in total. The molecule has 0 aliphatic carbocycles. The Balaban J connectivity index is 1.81. The third-order valence-electron chi connectivity index (χ3n) is 2.64. The molecule has 0 saturated carbocycles. The van der Waals surface area contributed by atoms with Gasteiger partial charge in [0.1, 0.15) is 0 Å². The lowest BCUT2D eigenvalue weighted by Crippen LogP contribution is -2.11.